The van der Waals surface area contributed by atoms with Gasteiger partial charge in [0.1, 0.15) is 0 Å². The first kappa shape index (κ1) is 15.6. The highest BCUT2D eigenvalue weighted by Crippen LogP contribution is 2.28. The number of amides is 1. The zero-order valence-corrected chi connectivity index (χ0v) is 12.4. The Balaban J connectivity index is 1.94. The van der Waals surface area contributed by atoms with Crippen molar-refractivity contribution >= 4 is 5.91 Å². The van der Waals surface area contributed by atoms with Crippen LogP contribution in [0.3, 0.4) is 0 Å². The molecule has 5 nitrogen and oxygen atoms in total. The van der Waals surface area contributed by atoms with Crippen LogP contribution in [0.4, 0.5) is 0 Å². The van der Waals surface area contributed by atoms with E-state index in [9.17, 15) is 15.0 Å². The Morgan fingerprint density at radius 1 is 1.29 bits per heavy atom. The number of carbonyl (C=O) groups is 1. The van der Waals surface area contributed by atoms with Crippen LogP contribution < -0.4 is 11.1 Å². The highest BCUT2D eigenvalue weighted by Gasteiger charge is 2.30. The summed E-state index contributed by atoms with van der Waals surface area (Å²) in [7, 11) is 0. The van der Waals surface area contributed by atoms with Gasteiger partial charge in [-0.05, 0) is 43.9 Å². The van der Waals surface area contributed by atoms with Crippen LogP contribution in [0.2, 0.25) is 0 Å². The zero-order chi connectivity index (χ0) is 15.5. The maximum absolute atomic E-state index is 12.2. The zero-order valence-electron chi connectivity index (χ0n) is 12.4. The topological polar surface area (TPSA) is 95.6 Å². The van der Waals surface area contributed by atoms with E-state index in [2.05, 4.69) is 12.2 Å². The second-order valence-corrected chi connectivity index (χ2v) is 6.24. The first-order valence-electron chi connectivity index (χ1n) is 7.48. The lowest BCUT2D eigenvalue weighted by Crippen LogP contribution is -2.53. The second kappa shape index (κ2) is 6.35. The number of benzene rings is 1. The lowest BCUT2D eigenvalue weighted by Gasteiger charge is -2.35. The van der Waals surface area contributed by atoms with Gasteiger partial charge in [0.05, 0.1) is 6.04 Å². The van der Waals surface area contributed by atoms with Crippen molar-refractivity contribution in [3.05, 3.63) is 23.8 Å². The fourth-order valence-electron chi connectivity index (χ4n) is 2.89. The molecule has 1 aliphatic carbocycles. The third-order valence-electron chi connectivity index (χ3n) is 4.21. The highest BCUT2D eigenvalue weighted by molar-refractivity contribution is 5.82. The van der Waals surface area contributed by atoms with Gasteiger partial charge < -0.3 is 21.3 Å². The molecule has 0 heterocycles. The Labute approximate surface area is 125 Å². The van der Waals surface area contributed by atoms with E-state index in [4.69, 9.17) is 5.73 Å². The number of nitrogens with one attached hydrogen (secondary N) is 1. The summed E-state index contributed by atoms with van der Waals surface area (Å²) in [6.07, 6.45) is 5.81. The molecule has 0 aliphatic heterocycles. The molecule has 0 spiro atoms. The van der Waals surface area contributed by atoms with Crippen molar-refractivity contribution in [3.8, 4) is 11.5 Å². The molecule has 2 rings (SSSR count). The summed E-state index contributed by atoms with van der Waals surface area (Å²) in [5.41, 5.74) is 6.53. The average molecular weight is 292 g/mol. The van der Waals surface area contributed by atoms with E-state index in [0.717, 1.165) is 31.2 Å². The molecule has 0 aromatic heterocycles. The lowest BCUT2D eigenvalue weighted by atomic mass is 9.83. The molecule has 5 N–H and O–H groups in total. The standard InChI is InChI=1S/C16H24N2O3/c1-16(7-3-2-4-8-16)18-15(21)12(17)9-11-5-6-13(19)14(20)10-11/h5-6,10,12,19-20H,2-4,7-9,17H2,1H3,(H,18,21)/t12-/m0/s1. The minimum absolute atomic E-state index is 0.149. The monoisotopic (exact) mass is 292 g/mol. The van der Waals surface area contributed by atoms with Crippen LogP contribution in [0, 0.1) is 0 Å². The number of nitrogens with two attached hydrogens (primary N) is 1. The molecule has 1 saturated carbocycles. The van der Waals surface area contributed by atoms with Crippen molar-refractivity contribution in [2.45, 2.75) is 57.0 Å². The van der Waals surface area contributed by atoms with Gasteiger partial charge >= 0.3 is 0 Å². The predicted molar refractivity (Wildman–Crippen MR) is 81.1 cm³/mol. The quantitative estimate of drug-likeness (QED) is 0.636. The molecule has 0 unspecified atom stereocenters. The highest BCUT2D eigenvalue weighted by atomic mass is 16.3. The molecule has 5 heteroatoms. The molecule has 0 radical (unpaired) electrons. The van der Waals surface area contributed by atoms with Crippen molar-refractivity contribution in [2.24, 2.45) is 5.73 Å². The number of phenolic OH excluding ortho intramolecular Hbond substituents is 2. The molecule has 1 atom stereocenters. The van der Waals surface area contributed by atoms with E-state index in [1.807, 2.05) is 0 Å². The largest absolute Gasteiger partial charge is 0.504 e. The minimum Gasteiger partial charge on any atom is -0.504 e. The van der Waals surface area contributed by atoms with E-state index < -0.39 is 6.04 Å². The van der Waals surface area contributed by atoms with Gasteiger partial charge in [-0.25, -0.2) is 0 Å². The van der Waals surface area contributed by atoms with Gasteiger partial charge in [-0.2, -0.15) is 0 Å². The molecule has 0 bridgehead atoms. The van der Waals surface area contributed by atoms with Gasteiger partial charge in [0.15, 0.2) is 11.5 Å². The second-order valence-electron chi connectivity index (χ2n) is 6.24. The van der Waals surface area contributed by atoms with Crippen molar-refractivity contribution in [1.82, 2.24) is 5.32 Å². The summed E-state index contributed by atoms with van der Waals surface area (Å²) < 4.78 is 0. The van der Waals surface area contributed by atoms with E-state index in [-0.39, 0.29) is 22.9 Å². The predicted octanol–water partition coefficient (Wildman–Crippen LogP) is 1.81. The van der Waals surface area contributed by atoms with Gasteiger partial charge in [-0.1, -0.05) is 25.3 Å². The normalized spacial score (nSPS) is 19.0. The lowest BCUT2D eigenvalue weighted by molar-refractivity contribution is -0.124. The van der Waals surface area contributed by atoms with Crippen LogP contribution in [0.5, 0.6) is 11.5 Å². The molecule has 1 aliphatic rings. The van der Waals surface area contributed by atoms with E-state index >= 15 is 0 Å². The first-order chi connectivity index (χ1) is 9.89. The summed E-state index contributed by atoms with van der Waals surface area (Å²) in [4.78, 5) is 12.2. The Bertz CT molecular complexity index is 510. The molecular weight excluding hydrogens is 268 g/mol. The Kier molecular flexibility index (Phi) is 4.73. The fraction of sp³-hybridized carbons (Fsp3) is 0.562. The van der Waals surface area contributed by atoms with Crippen LogP contribution >= 0.6 is 0 Å². The summed E-state index contributed by atoms with van der Waals surface area (Å²) in [5, 5.41) is 21.8. The molecular formula is C16H24N2O3. The van der Waals surface area contributed by atoms with Crippen LogP contribution in [0.15, 0.2) is 18.2 Å². The number of carbonyl (C=O) groups excluding carboxylic acids is 1. The number of aromatic hydroxyl groups is 2. The summed E-state index contributed by atoms with van der Waals surface area (Å²) in [6.45, 7) is 2.07. The molecule has 1 fully saturated rings. The molecule has 1 aromatic carbocycles. The van der Waals surface area contributed by atoms with Gasteiger partial charge in [0, 0.05) is 5.54 Å². The van der Waals surface area contributed by atoms with Crippen molar-refractivity contribution in [3.63, 3.8) is 0 Å². The van der Waals surface area contributed by atoms with Crippen LogP contribution in [-0.2, 0) is 11.2 Å². The Hall–Kier alpha value is -1.75. The van der Waals surface area contributed by atoms with Gasteiger partial charge in [-0.15, -0.1) is 0 Å². The van der Waals surface area contributed by atoms with Gasteiger partial charge in [0.2, 0.25) is 5.91 Å². The molecule has 0 saturated heterocycles. The summed E-state index contributed by atoms with van der Waals surface area (Å²) in [5.74, 6) is -0.530. The van der Waals surface area contributed by atoms with Crippen molar-refractivity contribution < 1.29 is 15.0 Å². The fourth-order valence-corrected chi connectivity index (χ4v) is 2.89. The summed E-state index contributed by atoms with van der Waals surface area (Å²) in [6, 6.07) is 3.83. The Morgan fingerprint density at radius 3 is 2.57 bits per heavy atom. The maximum atomic E-state index is 12.2. The van der Waals surface area contributed by atoms with E-state index in [1.54, 1.807) is 6.07 Å². The Morgan fingerprint density at radius 2 is 1.95 bits per heavy atom. The molecule has 21 heavy (non-hydrogen) atoms. The van der Waals surface area contributed by atoms with Crippen molar-refractivity contribution in [1.29, 1.82) is 0 Å². The van der Waals surface area contributed by atoms with Gasteiger partial charge in [0.25, 0.3) is 0 Å². The molecule has 1 amide bonds. The molecule has 116 valence electrons. The minimum atomic E-state index is -0.660. The summed E-state index contributed by atoms with van der Waals surface area (Å²) >= 11 is 0. The van der Waals surface area contributed by atoms with Crippen LogP contribution in [0.1, 0.15) is 44.6 Å². The number of phenols is 2. The smallest absolute Gasteiger partial charge is 0.237 e. The van der Waals surface area contributed by atoms with E-state index in [1.165, 1.54) is 18.6 Å². The molecule has 1 aromatic rings. The third-order valence-corrected chi connectivity index (χ3v) is 4.21. The van der Waals surface area contributed by atoms with Gasteiger partial charge in [-0.3, -0.25) is 4.79 Å². The average Bonchev–Trinajstić information content (AvgIpc) is 2.43. The maximum Gasteiger partial charge on any atom is 0.237 e. The van der Waals surface area contributed by atoms with Crippen molar-refractivity contribution in [2.75, 3.05) is 0 Å². The third kappa shape index (κ3) is 4.11. The van der Waals surface area contributed by atoms with Crippen LogP contribution in [-0.4, -0.2) is 27.7 Å². The van der Waals surface area contributed by atoms with Crippen LogP contribution in [0.25, 0.3) is 0 Å². The first-order valence-corrected chi connectivity index (χ1v) is 7.48. The van der Waals surface area contributed by atoms with E-state index in [0.29, 0.717) is 6.42 Å². The SMILES string of the molecule is CC1(NC(=O)[C@@H](N)Cc2ccc(O)c(O)c2)CCCCC1. The number of rotatable bonds is 4. The number of hydrogen-bond acceptors (Lipinski definition) is 4. The number of hydrogen-bond donors (Lipinski definition) is 4.